The van der Waals surface area contributed by atoms with Gasteiger partial charge in [0.15, 0.2) is 9.84 Å². The quantitative estimate of drug-likeness (QED) is 0.803. The van der Waals surface area contributed by atoms with Gasteiger partial charge in [0.2, 0.25) is 15.9 Å². The second-order valence-electron chi connectivity index (χ2n) is 6.28. The summed E-state index contributed by atoms with van der Waals surface area (Å²) in [6, 6.07) is 4.85. The van der Waals surface area contributed by atoms with Crippen LogP contribution in [0.1, 0.15) is 17.5 Å². The van der Waals surface area contributed by atoms with Crippen molar-refractivity contribution in [3.63, 3.8) is 0 Å². The molecule has 1 aromatic rings. The third kappa shape index (κ3) is 4.94. The van der Waals surface area contributed by atoms with Gasteiger partial charge in [-0.25, -0.2) is 16.8 Å². The number of nitrogens with one attached hydrogen (secondary N) is 1. The average Bonchev–Trinajstić information content (AvgIpc) is 2.72. The number of benzene rings is 1. The lowest BCUT2D eigenvalue weighted by Gasteiger charge is -2.23. The van der Waals surface area contributed by atoms with Gasteiger partial charge in [-0.3, -0.25) is 9.10 Å². The van der Waals surface area contributed by atoms with Crippen LogP contribution in [0.5, 0.6) is 0 Å². The molecule has 1 N–H and O–H groups in total. The first-order chi connectivity index (χ1) is 11.0. The first-order valence-electron chi connectivity index (χ1n) is 7.52. The van der Waals surface area contributed by atoms with Crippen LogP contribution in [0.3, 0.4) is 0 Å². The van der Waals surface area contributed by atoms with Gasteiger partial charge in [0.05, 0.1) is 23.4 Å². The third-order valence-corrected chi connectivity index (χ3v) is 6.69. The zero-order valence-electron chi connectivity index (χ0n) is 13.9. The van der Waals surface area contributed by atoms with Crippen molar-refractivity contribution in [1.82, 2.24) is 5.32 Å². The molecule has 1 aliphatic rings. The van der Waals surface area contributed by atoms with Gasteiger partial charge < -0.3 is 5.32 Å². The van der Waals surface area contributed by atoms with Crippen LogP contribution >= 0.6 is 0 Å². The molecule has 0 aromatic heterocycles. The summed E-state index contributed by atoms with van der Waals surface area (Å²) in [4.78, 5) is 12.2. The Hall–Kier alpha value is -1.61. The van der Waals surface area contributed by atoms with Crippen molar-refractivity contribution in [2.45, 2.75) is 26.3 Å². The number of amides is 1. The predicted octanol–water partition coefficient (Wildman–Crippen LogP) is 0.373. The fourth-order valence-corrected chi connectivity index (χ4v) is 5.32. The number of aryl methyl sites for hydroxylation is 2. The van der Waals surface area contributed by atoms with Gasteiger partial charge in [-0.05, 0) is 43.5 Å². The van der Waals surface area contributed by atoms with E-state index in [-0.39, 0.29) is 18.1 Å². The molecule has 1 aliphatic heterocycles. The first kappa shape index (κ1) is 18.7. The molecule has 24 heavy (non-hydrogen) atoms. The van der Waals surface area contributed by atoms with E-state index in [9.17, 15) is 21.6 Å². The second-order valence-corrected chi connectivity index (χ2v) is 10.4. The smallest absolute Gasteiger partial charge is 0.241 e. The molecule has 1 fully saturated rings. The SMILES string of the molecule is Cc1cc(C)cc(N(CC(=O)NC2CCS(=O)(=O)C2)S(C)(=O)=O)c1. The van der Waals surface area contributed by atoms with Crippen molar-refractivity contribution >= 4 is 31.5 Å². The summed E-state index contributed by atoms with van der Waals surface area (Å²) >= 11 is 0. The largest absolute Gasteiger partial charge is 0.351 e. The predicted molar refractivity (Wildman–Crippen MR) is 93.3 cm³/mol. The van der Waals surface area contributed by atoms with E-state index in [0.29, 0.717) is 12.1 Å². The maximum Gasteiger partial charge on any atom is 0.241 e. The molecule has 1 atom stereocenters. The van der Waals surface area contributed by atoms with Gasteiger partial charge in [-0.2, -0.15) is 0 Å². The summed E-state index contributed by atoms with van der Waals surface area (Å²) in [5.74, 6) is -0.562. The molecule has 1 amide bonds. The molecule has 0 saturated carbocycles. The highest BCUT2D eigenvalue weighted by molar-refractivity contribution is 7.92. The summed E-state index contributed by atoms with van der Waals surface area (Å²) in [5.41, 5.74) is 2.20. The van der Waals surface area contributed by atoms with E-state index in [1.54, 1.807) is 12.1 Å². The number of anilines is 1. The molecule has 1 aromatic carbocycles. The summed E-state index contributed by atoms with van der Waals surface area (Å²) < 4.78 is 48.1. The van der Waals surface area contributed by atoms with Gasteiger partial charge in [-0.15, -0.1) is 0 Å². The number of rotatable bonds is 5. The molecule has 134 valence electrons. The van der Waals surface area contributed by atoms with Crippen LogP contribution in [0.4, 0.5) is 5.69 Å². The van der Waals surface area contributed by atoms with Gasteiger partial charge in [-0.1, -0.05) is 6.07 Å². The normalized spacial score (nSPS) is 19.9. The summed E-state index contributed by atoms with van der Waals surface area (Å²) in [7, 11) is -6.76. The van der Waals surface area contributed by atoms with Gasteiger partial charge >= 0.3 is 0 Å². The van der Waals surface area contributed by atoms with Crippen LogP contribution in [-0.2, 0) is 24.7 Å². The third-order valence-electron chi connectivity index (χ3n) is 3.78. The highest BCUT2D eigenvalue weighted by atomic mass is 32.2. The van der Waals surface area contributed by atoms with Crippen molar-refractivity contribution in [3.8, 4) is 0 Å². The number of hydrogen-bond acceptors (Lipinski definition) is 5. The molecule has 0 spiro atoms. The molecule has 2 rings (SSSR count). The molecule has 0 bridgehead atoms. The van der Waals surface area contributed by atoms with E-state index in [1.165, 1.54) is 0 Å². The fourth-order valence-electron chi connectivity index (χ4n) is 2.81. The van der Waals surface area contributed by atoms with Crippen molar-refractivity contribution in [2.75, 3.05) is 28.6 Å². The summed E-state index contributed by atoms with van der Waals surface area (Å²) in [6.07, 6.45) is 1.40. The lowest BCUT2D eigenvalue weighted by molar-refractivity contribution is -0.120. The monoisotopic (exact) mass is 374 g/mol. The Morgan fingerprint density at radius 2 is 1.83 bits per heavy atom. The summed E-state index contributed by atoms with van der Waals surface area (Å²) in [5, 5.41) is 2.61. The van der Waals surface area contributed by atoms with E-state index in [2.05, 4.69) is 5.32 Å². The minimum absolute atomic E-state index is 0.0464. The Kier molecular flexibility index (Phi) is 5.24. The minimum atomic E-state index is -3.65. The number of sulfone groups is 1. The standard InChI is InChI=1S/C15H22N2O5S2/c1-11-6-12(2)8-14(7-11)17(23(3,19)20)9-15(18)16-13-4-5-24(21,22)10-13/h6-8,13H,4-5,9-10H2,1-3H3,(H,16,18). The molecule has 0 radical (unpaired) electrons. The van der Waals surface area contributed by atoms with Crippen molar-refractivity contribution < 1.29 is 21.6 Å². The van der Waals surface area contributed by atoms with Crippen molar-refractivity contribution in [2.24, 2.45) is 0 Å². The number of nitrogens with zero attached hydrogens (tertiary/aromatic N) is 1. The highest BCUT2D eigenvalue weighted by Gasteiger charge is 2.30. The fraction of sp³-hybridized carbons (Fsp3) is 0.533. The Morgan fingerprint density at radius 3 is 2.29 bits per heavy atom. The van der Waals surface area contributed by atoms with Crippen molar-refractivity contribution in [3.05, 3.63) is 29.3 Å². The van der Waals surface area contributed by atoms with Gasteiger partial charge in [0.1, 0.15) is 6.54 Å². The van der Waals surface area contributed by atoms with Crippen LogP contribution in [0, 0.1) is 13.8 Å². The van der Waals surface area contributed by atoms with Crippen LogP contribution in [0.2, 0.25) is 0 Å². The van der Waals surface area contributed by atoms with Crippen LogP contribution in [0.25, 0.3) is 0 Å². The van der Waals surface area contributed by atoms with Crippen LogP contribution in [0.15, 0.2) is 18.2 Å². The minimum Gasteiger partial charge on any atom is -0.351 e. The number of carbonyl (C=O) groups is 1. The Morgan fingerprint density at radius 1 is 1.25 bits per heavy atom. The zero-order chi connectivity index (χ0) is 18.1. The van der Waals surface area contributed by atoms with E-state index in [0.717, 1.165) is 21.7 Å². The Bertz CT molecular complexity index is 826. The molecule has 9 heteroatoms. The first-order valence-corrected chi connectivity index (χ1v) is 11.2. The zero-order valence-corrected chi connectivity index (χ0v) is 15.6. The van der Waals surface area contributed by atoms with Crippen LogP contribution < -0.4 is 9.62 Å². The maximum absolute atomic E-state index is 12.2. The number of sulfonamides is 1. The van der Waals surface area contributed by atoms with Crippen molar-refractivity contribution in [1.29, 1.82) is 0 Å². The molecule has 0 aliphatic carbocycles. The molecular weight excluding hydrogens is 352 g/mol. The molecule has 1 unspecified atom stereocenters. The lowest BCUT2D eigenvalue weighted by Crippen LogP contribution is -2.44. The summed E-state index contributed by atoms with van der Waals surface area (Å²) in [6.45, 7) is 3.32. The maximum atomic E-state index is 12.2. The Balaban J connectivity index is 2.16. The van der Waals surface area contributed by atoms with E-state index >= 15 is 0 Å². The Labute approximate surface area is 143 Å². The second kappa shape index (κ2) is 6.72. The molecule has 7 nitrogen and oxygen atoms in total. The van der Waals surface area contributed by atoms with Gasteiger partial charge in [0.25, 0.3) is 0 Å². The van der Waals surface area contributed by atoms with Crippen LogP contribution in [-0.4, -0.2) is 53.1 Å². The number of hydrogen-bond donors (Lipinski definition) is 1. The number of carbonyl (C=O) groups excluding carboxylic acids is 1. The lowest BCUT2D eigenvalue weighted by atomic mass is 10.1. The van der Waals surface area contributed by atoms with Gasteiger partial charge in [0, 0.05) is 6.04 Å². The molecule has 1 saturated heterocycles. The van der Waals surface area contributed by atoms with E-state index < -0.39 is 31.8 Å². The topological polar surface area (TPSA) is 101 Å². The molecule has 1 heterocycles. The average molecular weight is 374 g/mol. The van der Waals surface area contributed by atoms with E-state index in [1.807, 2.05) is 19.9 Å². The highest BCUT2D eigenvalue weighted by Crippen LogP contribution is 2.21. The van der Waals surface area contributed by atoms with E-state index in [4.69, 9.17) is 0 Å². The molecular formula is C15H22N2O5S2.